The second-order valence-corrected chi connectivity index (χ2v) is 6.43. The van der Waals surface area contributed by atoms with Crippen molar-refractivity contribution in [1.82, 2.24) is 4.98 Å². The van der Waals surface area contributed by atoms with Crippen molar-refractivity contribution in [1.29, 1.82) is 0 Å². The highest BCUT2D eigenvalue weighted by Gasteiger charge is 2.29. The van der Waals surface area contributed by atoms with Crippen LogP contribution in [0.5, 0.6) is 0 Å². The summed E-state index contributed by atoms with van der Waals surface area (Å²) in [5.41, 5.74) is 6.82. The van der Waals surface area contributed by atoms with Crippen molar-refractivity contribution >= 4 is 5.69 Å². The van der Waals surface area contributed by atoms with E-state index in [4.69, 9.17) is 0 Å². The summed E-state index contributed by atoms with van der Waals surface area (Å²) in [5.74, 6) is 0. The third-order valence-electron chi connectivity index (χ3n) is 4.21. The maximum atomic E-state index is 4.36. The van der Waals surface area contributed by atoms with Gasteiger partial charge in [0.25, 0.3) is 0 Å². The van der Waals surface area contributed by atoms with Gasteiger partial charge in [-0.05, 0) is 48.6 Å². The topological polar surface area (TPSA) is 24.9 Å². The molecule has 1 aliphatic rings. The number of benzene rings is 1. The third kappa shape index (κ3) is 2.55. The highest BCUT2D eigenvalue weighted by atomic mass is 14.9. The molecule has 2 heteroatoms. The molecule has 1 N–H and O–H groups in total. The van der Waals surface area contributed by atoms with Gasteiger partial charge in [0.1, 0.15) is 0 Å². The number of aryl methyl sites for hydroxylation is 3. The number of fused-ring (bicyclic) bond motifs is 1. The first-order valence-electron chi connectivity index (χ1n) is 7.33. The molecule has 0 radical (unpaired) electrons. The molecular weight excluding hydrogens is 244 g/mol. The molecule has 2 nitrogen and oxygen atoms in total. The molecule has 104 valence electrons. The second-order valence-electron chi connectivity index (χ2n) is 6.43. The van der Waals surface area contributed by atoms with Gasteiger partial charge in [0.2, 0.25) is 0 Å². The van der Waals surface area contributed by atoms with E-state index in [1.807, 2.05) is 13.1 Å². The SMILES string of the molecule is Cc1ccc(CCc2ccc3c(c2)C(C)(C)CN3)cn1. The molecule has 3 rings (SSSR count). The number of hydrogen-bond acceptors (Lipinski definition) is 2. The predicted molar refractivity (Wildman–Crippen MR) is 84.3 cm³/mol. The first-order valence-corrected chi connectivity index (χ1v) is 7.33. The molecule has 20 heavy (non-hydrogen) atoms. The summed E-state index contributed by atoms with van der Waals surface area (Å²) < 4.78 is 0. The minimum absolute atomic E-state index is 0.247. The van der Waals surface area contributed by atoms with E-state index < -0.39 is 0 Å². The maximum Gasteiger partial charge on any atom is 0.0379 e. The van der Waals surface area contributed by atoms with E-state index in [1.54, 1.807) is 0 Å². The van der Waals surface area contributed by atoms with E-state index in [0.717, 1.165) is 25.1 Å². The van der Waals surface area contributed by atoms with Crippen LogP contribution in [0.4, 0.5) is 5.69 Å². The number of nitrogens with zero attached hydrogens (tertiary/aromatic N) is 1. The summed E-state index contributed by atoms with van der Waals surface area (Å²) in [7, 11) is 0. The molecule has 0 saturated carbocycles. The Morgan fingerprint density at radius 3 is 2.60 bits per heavy atom. The van der Waals surface area contributed by atoms with Crippen LogP contribution in [0.1, 0.15) is 36.2 Å². The lowest BCUT2D eigenvalue weighted by atomic mass is 9.85. The van der Waals surface area contributed by atoms with Gasteiger partial charge < -0.3 is 5.32 Å². The van der Waals surface area contributed by atoms with Gasteiger partial charge in [0.15, 0.2) is 0 Å². The van der Waals surface area contributed by atoms with E-state index in [-0.39, 0.29) is 5.41 Å². The average molecular weight is 266 g/mol. The molecule has 0 saturated heterocycles. The van der Waals surface area contributed by atoms with Gasteiger partial charge in [-0.3, -0.25) is 4.98 Å². The molecule has 0 atom stereocenters. The Labute approximate surface area is 121 Å². The second kappa shape index (κ2) is 4.93. The average Bonchev–Trinajstić information content (AvgIpc) is 2.74. The van der Waals surface area contributed by atoms with Crippen LogP contribution >= 0.6 is 0 Å². The fraction of sp³-hybridized carbons (Fsp3) is 0.389. The summed E-state index contributed by atoms with van der Waals surface area (Å²) in [6.07, 6.45) is 4.13. The van der Waals surface area contributed by atoms with Gasteiger partial charge >= 0.3 is 0 Å². The molecule has 1 aliphatic heterocycles. The highest BCUT2D eigenvalue weighted by molar-refractivity contribution is 5.60. The first kappa shape index (κ1) is 13.2. The Kier molecular flexibility index (Phi) is 3.25. The van der Waals surface area contributed by atoms with Crippen LogP contribution < -0.4 is 5.32 Å². The Hall–Kier alpha value is -1.83. The van der Waals surface area contributed by atoms with Gasteiger partial charge in [0.05, 0.1) is 0 Å². The van der Waals surface area contributed by atoms with Gasteiger partial charge in [-0.15, -0.1) is 0 Å². The van der Waals surface area contributed by atoms with Crippen molar-refractivity contribution in [3.63, 3.8) is 0 Å². The van der Waals surface area contributed by atoms with Gasteiger partial charge in [-0.2, -0.15) is 0 Å². The number of rotatable bonds is 3. The zero-order chi connectivity index (χ0) is 14.2. The van der Waals surface area contributed by atoms with Crippen LogP contribution in [0.25, 0.3) is 0 Å². The van der Waals surface area contributed by atoms with Gasteiger partial charge in [-0.1, -0.05) is 32.0 Å². The molecule has 0 fully saturated rings. The molecule has 0 aliphatic carbocycles. The lowest BCUT2D eigenvalue weighted by molar-refractivity contribution is 0.585. The lowest BCUT2D eigenvalue weighted by Gasteiger charge is -2.17. The summed E-state index contributed by atoms with van der Waals surface area (Å²) in [5, 5.41) is 3.49. The molecule has 2 heterocycles. The Morgan fingerprint density at radius 2 is 1.85 bits per heavy atom. The first-order chi connectivity index (χ1) is 9.54. The minimum atomic E-state index is 0.247. The highest BCUT2D eigenvalue weighted by Crippen LogP contribution is 2.36. The molecule has 2 aromatic rings. The minimum Gasteiger partial charge on any atom is -0.384 e. The third-order valence-corrected chi connectivity index (χ3v) is 4.21. The van der Waals surface area contributed by atoms with Crippen molar-refractivity contribution in [3.8, 4) is 0 Å². The fourth-order valence-electron chi connectivity index (χ4n) is 2.81. The van der Waals surface area contributed by atoms with E-state index in [0.29, 0.717) is 0 Å². The lowest BCUT2D eigenvalue weighted by Crippen LogP contribution is -2.19. The maximum absolute atomic E-state index is 4.36. The van der Waals surface area contributed by atoms with Crippen molar-refractivity contribution in [2.24, 2.45) is 0 Å². The number of pyridine rings is 1. The molecule has 0 amide bonds. The van der Waals surface area contributed by atoms with Gasteiger partial charge in [-0.25, -0.2) is 0 Å². The molecular formula is C18H22N2. The number of anilines is 1. The van der Waals surface area contributed by atoms with E-state index in [2.05, 4.69) is 54.5 Å². The van der Waals surface area contributed by atoms with Crippen LogP contribution in [0.15, 0.2) is 36.5 Å². The fourth-order valence-corrected chi connectivity index (χ4v) is 2.81. The van der Waals surface area contributed by atoms with Crippen molar-refractivity contribution < 1.29 is 0 Å². The summed E-state index contributed by atoms with van der Waals surface area (Å²) in [6, 6.07) is 11.1. The largest absolute Gasteiger partial charge is 0.384 e. The Morgan fingerprint density at radius 1 is 1.10 bits per heavy atom. The van der Waals surface area contributed by atoms with Crippen LogP contribution in [0.2, 0.25) is 0 Å². The Bertz CT molecular complexity index is 612. The number of hydrogen-bond donors (Lipinski definition) is 1. The molecule has 0 spiro atoms. The van der Waals surface area contributed by atoms with Crippen LogP contribution in [-0.4, -0.2) is 11.5 Å². The molecule has 0 bridgehead atoms. The zero-order valence-electron chi connectivity index (χ0n) is 12.5. The van der Waals surface area contributed by atoms with E-state index in [1.165, 1.54) is 22.4 Å². The zero-order valence-corrected chi connectivity index (χ0v) is 12.5. The number of aromatic nitrogens is 1. The van der Waals surface area contributed by atoms with Crippen LogP contribution in [0, 0.1) is 6.92 Å². The van der Waals surface area contributed by atoms with Crippen molar-refractivity contribution in [2.75, 3.05) is 11.9 Å². The molecule has 1 aromatic heterocycles. The predicted octanol–water partition coefficient (Wildman–Crippen LogP) is 3.88. The van der Waals surface area contributed by atoms with Crippen LogP contribution in [-0.2, 0) is 18.3 Å². The smallest absolute Gasteiger partial charge is 0.0379 e. The normalized spacial score (nSPS) is 15.8. The van der Waals surface area contributed by atoms with Crippen molar-refractivity contribution in [2.45, 2.75) is 39.0 Å². The monoisotopic (exact) mass is 266 g/mol. The van der Waals surface area contributed by atoms with Gasteiger partial charge in [0, 0.05) is 29.5 Å². The van der Waals surface area contributed by atoms with E-state index in [9.17, 15) is 0 Å². The van der Waals surface area contributed by atoms with E-state index >= 15 is 0 Å². The van der Waals surface area contributed by atoms with Crippen LogP contribution in [0.3, 0.4) is 0 Å². The number of nitrogens with one attached hydrogen (secondary N) is 1. The summed E-state index contributed by atoms with van der Waals surface area (Å²) in [4.78, 5) is 4.36. The summed E-state index contributed by atoms with van der Waals surface area (Å²) in [6.45, 7) is 7.67. The standard InChI is InChI=1S/C18H22N2/c1-13-4-5-15(11-19-13)7-6-14-8-9-17-16(10-14)18(2,3)12-20-17/h4-5,8-11,20H,6-7,12H2,1-3H3. The molecule has 1 aromatic carbocycles. The van der Waals surface area contributed by atoms with Crippen molar-refractivity contribution in [3.05, 3.63) is 58.9 Å². The quantitative estimate of drug-likeness (QED) is 0.912. The Balaban J connectivity index is 1.74. The molecule has 0 unspecified atom stereocenters. The summed E-state index contributed by atoms with van der Waals surface area (Å²) >= 11 is 0.